The van der Waals surface area contributed by atoms with Crippen LogP contribution in [0.3, 0.4) is 0 Å². The molecule has 158 valence electrons. The maximum Gasteiger partial charge on any atom is 0.339 e. The van der Waals surface area contributed by atoms with Crippen molar-refractivity contribution in [2.24, 2.45) is 0 Å². The minimum atomic E-state index is -0.864. The van der Waals surface area contributed by atoms with Gasteiger partial charge in [0.2, 0.25) is 0 Å². The van der Waals surface area contributed by atoms with Gasteiger partial charge in [0.05, 0.1) is 28.6 Å². The molecule has 0 aliphatic heterocycles. The Hall–Kier alpha value is -3.69. The Kier molecular flexibility index (Phi) is 6.45. The molecule has 0 bridgehead atoms. The number of rotatable bonds is 7. The fourth-order valence-corrected chi connectivity index (χ4v) is 3.29. The van der Waals surface area contributed by atoms with E-state index in [1.165, 1.54) is 0 Å². The van der Waals surface area contributed by atoms with Crippen LogP contribution in [0.5, 0.6) is 11.5 Å². The third-order valence-corrected chi connectivity index (χ3v) is 4.81. The number of nitro benzene ring substituents is 2. The van der Waals surface area contributed by atoms with Crippen molar-refractivity contribution in [2.45, 2.75) is 37.9 Å². The van der Waals surface area contributed by atoms with Gasteiger partial charge < -0.3 is 14.2 Å². The summed E-state index contributed by atoms with van der Waals surface area (Å²) < 4.78 is 16.6. The summed E-state index contributed by atoms with van der Waals surface area (Å²) in [5.74, 6) is 0.410. The molecule has 1 aliphatic carbocycles. The van der Waals surface area contributed by atoms with Crippen molar-refractivity contribution in [1.29, 1.82) is 0 Å². The standard InChI is InChI=1S/C20H20N2O8/c1-28-16-6-8-17(9-7-16)29-18-4-2-3-5-19(18)30-20(23)13-10-14(21(24)25)12-15(11-13)22(26)27/h6-12,18-19H,2-5H2,1H3/t18-,19-/m1/s1. The van der Waals surface area contributed by atoms with Gasteiger partial charge in [0, 0.05) is 12.1 Å². The van der Waals surface area contributed by atoms with Gasteiger partial charge in [0.1, 0.15) is 23.7 Å². The van der Waals surface area contributed by atoms with Crippen molar-refractivity contribution in [2.75, 3.05) is 7.11 Å². The van der Waals surface area contributed by atoms with E-state index in [1.54, 1.807) is 31.4 Å². The van der Waals surface area contributed by atoms with Crippen LogP contribution in [0.2, 0.25) is 0 Å². The monoisotopic (exact) mass is 416 g/mol. The molecule has 0 amide bonds. The van der Waals surface area contributed by atoms with Crippen molar-refractivity contribution in [1.82, 2.24) is 0 Å². The van der Waals surface area contributed by atoms with Crippen molar-refractivity contribution in [3.63, 3.8) is 0 Å². The third-order valence-electron chi connectivity index (χ3n) is 4.81. The molecule has 0 radical (unpaired) electrons. The predicted octanol–water partition coefficient (Wildman–Crippen LogP) is 4.06. The van der Waals surface area contributed by atoms with E-state index in [0.717, 1.165) is 31.0 Å². The second-order valence-electron chi connectivity index (χ2n) is 6.81. The average Bonchev–Trinajstić information content (AvgIpc) is 2.75. The van der Waals surface area contributed by atoms with Crippen molar-refractivity contribution < 1.29 is 28.9 Å². The van der Waals surface area contributed by atoms with Crippen LogP contribution in [-0.2, 0) is 4.74 Å². The number of benzene rings is 2. The number of hydrogen-bond donors (Lipinski definition) is 0. The summed E-state index contributed by atoms with van der Waals surface area (Å²) in [6, 6.07) is 9.73. The second-order valence-corrected chi connectivity index (χ2v) is 6.81. The molecule has 0 saturated heterocycles. The van der Waals surface area contributed by atoms with Crippen molar-refractivity contribution >= 4 is 17.3 Å². The Balaban J connectivity index is 1.76. The molecular formula is C20H20N2O8. The zero-order chi connectivity index (χ0) is 21.7. The number of carbonyl (C=O) groups excluding carboxylic acids is 1. The number of nitro groups is 2. The molecule has 10 nitrogen and oxygen atoms in total. The first-order valence-electron chi connectivity index (χ1n) is 9.33. The van der Waals surface area contributed by atoms with Crippen molar-refractivity contribution in [3.05, 3.63) is 68.3 Å². The number of hydrogen-bond acceptors (Lipinski definition) is 8. The zero-order valence-corrected chi connectivity index (χ0v) is 16.2. The molecule has 30 heavy (non-hydrogen) atoms. The summed E-state index contributed by atoms with van der Waals surface area (Å²) >= 11 is 0. The normalized spacial score (nSPS) is 18.3. The molecular weight excluding hydrogens is 396 g/mol. The van der Waals surface area contributed by atoms with Crippen LogP contribution < -0.4 is 9.47 Å². The lowest BCUT2D eigenvalue weighted by Crippen LogP contribution is -2.38. The quantitative estimate of drug-likeness (QED) is 0.375. The lowest BCUT2D eigenvalue weighted by molar-refractivity contribution is -0.394. The number of non-ortho nitro benzene ring substituents is 2. The van der Waals surface area contributed by atoms with E-state index < -0.39 is 39.4 Å². The first-order valence-corrected chi connectivity index (χ1v) is 9.33. The minimum absolute atomic E-state index is 0.246. The van der Waals surface area contributed by atoms with Gasteiger partial charge >= 0.3 is 5.97 Å². The molecule has 1 fully saturated rings. The fourth-order valence-electron chi connectivity index (χ4n) is 3.29. The van der Waals surface area contributed by atoms with E-state index in [0.29, 0.717) is 24.3 Å². The lowest BCUT2D eigenvalue weighted by Gasteiger charge is -2.31. The molecule has 0 N–H and O–H groups in total. The summed E-state index contributed by atoms with van der Waals surface area (Å²) in [4.78, 5) is 33.1. The molecule has 2 aromatic carbocycles. The Bertz CT molecular complexity index is 912. The largest absolute Gasteiger partial charge is 0.497 e. The van der Waals surface area contributed by atoms with E-state index >= 15 is 0 Å². The van der Waals surface area contributed by atoms with Gasteiger partial charge in [-0.25, -0.2) is 4.79 Å². The van der Waals surface area contributed by atoms with Gasteiger partial charge in [-0.3, -0.25) is 20.2 Å². The first-order chi connectivity index (χ1) is 14.4. The highest BCUT2D eigenvalue weighted by Gasteiger charge is 2.31. The summed E-state index contributed by atoms with van der Waals surface area (Å²) in [5.41, 5.74) is -1.35. The maximum atomic E-state index is 12.6. The summed E-state index contributed by atoms with van der Waals surface area (Å²) in [6.45, 7) is 0. The van der Waals surface area contributed by atoms with E-state index in [2.05, 4.69) is 0 Å². The Labute approximate surface area is 171 Å². The van der Waals surface area contributed by atoms with Gasteiger partial charge in [0.25, 0.3) is 11.4 Å². The second kappa shape index (κ2) is 9.21. The molecule has 3 rings (SSSR count). The number of esters is 1. The number of nitrogens with zero attached hydrogens (tertiary/aromatic N) is 2. The van der Waals surface area contributed by atoms with E-state index in [9.17, 15) is 25.0 Å². The SMILES string of the molecule is COc1ccc(O[C@@H]2CCCC[C@H]2OC(=O)c2cc([N+](=O)[O-])cc([N+](=O)[O-])c2)cc1. The Morgan fingerprint density at radius 1 is 0.900 bits per heavy atom. The fraction of sp³-hybridized carbons (Fsp3) is 0.350. The van der Waals surface area contributed by atoms with E-state index in [1.807, 2.05) is 0 Å². The molecule has 0 aromatic heterocycles. The molecule has 10 heteroatoms. The summed E-state index contributed by atoms with van der Waals surface area (Å²) in [5, 5.41) is 22.1. The summed E-state index contributed by atoms with van der Waals surface area (Å²) in [6.07, 6.45) is 1.98. The van der Waals surface area contributed by atoms with Crippen molar-refractivity contribution in [3.8, 4) is 11.5 Å². The molecule has 0 heterocycles. The summed E-state index contributed by atoms with van der Waals surface area (Å²) in [7, 11) is 1.56. The average molecular weight is 416 g/mol. The highest BCUT2D eigenvalue weighted by Crippen LogP contribution is 2.29. The van der Waals surface area contributed by atoms with Crippen LogP contribution in [-0.4, -0.2) is 35.1 Å². The van der Waals surface area contributed by atoms with Crippen LogP contribution in [0.25, 0.3) is 0 Å². The highest BCUT2D eigenvalue weighted by atomic mass is 16.6. The highest BCUT2D eigenvalue weighted by molar-refractivity contribution is 5.91. The molecule has 2 atom stereocenters. The Morgan fingerprint density at radius 2 is 1.43 bits per heavy atom. The van der Waals surface area contributed by atoms with Crippen LogP contribution in [0, 0.1) is 20.2 Å². The van der Waals surface area contributed by atoms with Gasteiger partial charge in [-0.05, 0) is 49.9 Å². The number of ether oxygens (including phenoxy) is 3. The molecule has 2 aromatic rings. The minimum Gasteiger partial charge on any atom is -0.497 e. The smallest absolute Gasteiger partial charge is 0.339 e. The van der Waals surface area contributed by atoms with E-state index in [-0.39, 0.29) is 5.56 Å². The third kappa shape index (κ3) is 5.02. The maximum absolute atomic E-state index is 12.6. The predicted molar refractivity (Wildman–Crippen MR) is 105 cm³/mol. The topological polar surface area (TPSA) is 131 Å². The molecule has 1 saturated carbocycles. The van der Waals surface area contributed by atoms with Crippen LogP contribution >= 0.6 is 0 Å². The van der Waals surface area contributed by atoms with Gasteiger partial charge in [-0.1, -0.05) is 0 Å². The number of carbonyl (C=O) groups is 1. The van der Waals surface area contributed by atoms with E-state index in [4.69, 9.17) is 14.2 Å². The molecule has 0 unspecified atom stereocenters. The van der Waals surface area contributed by atoms with Crippen LogP contribution in [0.15, 0.2) is 42.5 Å². The lowest BCUT2D eigenvalue weighted by atomic mass is 9.94. The van der Waals surface area contributed by atoms with Gasteiger partial charge in [-0.2, -0.15) is 0 Å². The molecule has 1 aliphatic rings. The van der Waals surface area contributed by atoms with Gasteiger partial charge in [-0.15, -0.1) is 0 Å². The van der Waals surface area contributed by atoms with Gasteiger partial charge in [0.15, 0.2) is 0 Å². The first kappa shape index (κ1) is 21.0. The Morgan fingerprint density at radius 3 is 1.97 bits per heavy atom. The molecule has 0 spiro atoms. The zero-order valence-electron chi connectivity index (χ0n) is 16.2. The number of methoxy groups -OCH3 is 1. The van der Waals surface area contributed by atoms with Crippen LogP contribution in [0.1, 0.15) is 36.0 Å². The van der Waals surface area contributed by atoms with Crippen LogP contribution in [0.4, 0.5) is 11.4 Å².